The van der Waals surface area contributed by atoms with Gasteiger partial charge in [0.25, 0.3) is 0 Å². The fraction of sp³-hybridized carbons (Fsp3) is 0.571. The van der Waals surface area contributed by atoms with Crippen LogP contribution in [0.25, 0.3) is 0 Å². The molecule has 1 aromatic carbocycles. The van der Waals surface area contributed by atoms with Crippen molar-refractivity contribution in [1.29, 1.82) is 0 Å². The minimum absolute atomic E-state index is 0.117. The van der Waals surface area contributed by atoms with E-state index >= 15 is 0 Å². The zero-order chi connectivity index (χ0) is 11.5. The van der Waals surface area contributed by atoms with Gasteiger partial charge in [-0.3, -0.25) is 4.90 Å². The van der Waals surface area contributed by atoms with E-state index in [1.165, 1.54) is 11.1 Å². The van der Waals surface area contributed by atoms with Gasteiger partial charge in [0.2, 0.25) is 0 Å². The second-order valence-corrected chi connectivity index (χ2v) is 5.08. The third-order valence-electron chi connectivity index (χ3n) is 3.27. The van der Waals surface area contributed by atoms with Crippen LogP contribution in [0.3, 0.4) is 0 Å². The first-order valence-electron chi connectivity index (χ1n) is 6.14. The predicted molar refractivity (Wildman–Crippen MR) is 66.4 cm³/mol. The molecule has 1 N–H and O–H groups in total. The lowest BCUT2D eigenvalue weighted by molar-refractivity contribution is 0.175. The van der Waals surface area contributed by atoms with Gasteiger partial charge < -0.3 is 5.11 Å². The first-order valence-corrected chi connectivity index (χ1v) is 6.14. The molecule has 1 fully saturated rings. The normalized spacial score (nSPS) is 21.9. The van der Waals surface area contributed by atoms with E-state index in [4.69, 9.17) is 0 Å². The summed E-state index contributed by atoms with van der Waals surface area (Å²) < 4.78 is 0. The summed E-state index contributed by atoms with van der Waals surface area (Å²) in [7, 11) is 0. The van der Waals surface area contributed by atoms with Crippen LogP contribution in [-0.4, -0.2) is 29.2 Å². The van der Waals surface area contributed by atoms with Crippen molar-refractivity contribution >= 4 is 0 Å². The SMILES string of the molecule is CC(C)c1cccc(CN2CC[C@@H](O)C2)c1. The van der Waals surface area contributed by atoms with Gasteiger partial charge in [-0.2, -0.15) is 0 Å². The predicted octanol–water partition coefficient (Wildman–Crippen LogP) is 2.38. The summed E-state index contributed by atoms with van der Waals surface area (Å²) in [4.78, 5) is 2.32. The summed E-state index contributed by atoms with van der Waals surface area (Å²) >= 11 is 0. The van der Waals surface area contributed by atoms with Crippen LogP contribution >= 0.6 is 0 Å². The van der Waals surface area contributed by atoms with Crippen molar-refractivity contribution < 1.29 is 5.11 Å². The number of β-amino-alcohol motifs (C(OH)–C–C–N with tert-alkyl or cyclic N) is 1. The summed E-state index contributed by atoms with van der Waals surface area (Å²) in [5, 5.41) is 9.48. The van der Waals surface area contributed by atoms with E-state index in [9.17, 15) is 5.11 Å². The van der Waals surface area contributed by atoms with Crippen LogP contribution in [0.5, 0.6) is 0 Å². The van der Waals surface area contributed by atoms with Gasteiger partial charge in [-0.1, -0.05) is 38.1 Å². The molecule has 0 spiro atoms. The highest BCUT2D eigenvalue weighted by molar-refractivity contribution is 5.25. The second kappa shape index (κ2) is 4.98. The maximum atomic E-state index is 9.48. The van der Waals surface area contributed by atoms with Gasteiger partial charge in [-0.05, 0) is 23.5 Å². The topological polar surface area (TPSA) is 23.5 Å². The fourth-order valence-electron chi connectivity index (χ4n) is 2.26. The monoisotopic (exact) mass is 219 g/mol. The fourth-order valence-corrected chi connectivity index (χ4v) is 2.26. The zero-order valence-corrected chi connectivity index (χ0v) is 10.2. The molecule has 2 heteroatoms. The third-order valence-corrected chi connectivity index (χ3v) is 3.27. The largest absolute Gasteiger partial charge is 0.392 e. The summed E-state index contributed by atoms with van der Waals surface area (Å²) in [6.07, 6.45) is 0.803. The summed E-state index contributed by atoms with van der Waals surface area (Å²) in [6, 6.07) is 8.79. The number of hydrogen-bond acceptors (Lipinski definition) is 2. The molecule has 1 heterocycles. The van der Waals surface area contributed by atoms with E-state index < -0.39 is 0 Å². The molecule has 0 bridgehead atoms. The van der Waals surface area contributed by atoms with E-state index in [2.05, 4.69) is 43.0 Å². The molecular formula is C14H21NO. The Morgan fingerprint density at radius 2 is 2.25 bits per heavy atom. The summed E-state index contributed by atoms with van der Waals surface area (Å²) in [6.45, 7) is 7.26. The van der Waals surface area contributed by atoms with Crippen molar-refractivity contribution in [2.75, 3.05) is 13.1 Å². The molecule has 0 radical (unpaired) electrons. The number of aliphatic hydroxyl groups is 1. The molecule has 88 valence electrons. The highest BCUT2D eigenvalue weighted by Crippen LogP contribution is 2.18. The van der Waals surface area contributed by atoms with Crippen LogP contribution in [0.1, 0.15) is 37.3 Å². The highest BCUT2D eigenvalue weighted by atomic mass is 16.3. The Hall–Kier alpha value is -0.860. The smallest absolute Gasteiger partial charge is 0.0679 e. The second-order valence-electron chi connectivity index (χ2n) is 5.08. The molecule has 1 saturated heterocycles. The number of hydrogen-bond donors (Lipinski definition) is 1. The number of nitrogens with zero attached hydrogens (tertiary/aromatic N) is 1. The standard InChI is InChI=1S/C14H21NO/c1-11(2)13-5-3-4-12(8-13)9-15-7-6-14(16)10-15/h3-5,8,11,14,16H,6-7,9-10H2,1-2H3/t14-/m1/s1. The van der Waals surface area contributed by atoms with Crippen molar-refractivity contribution in [1.82, 2.24) is 4.90 Å². The zero-order valence-electron chi connectivity index (χ0n) is 10.2. The molecule has 2 nitrogen and oxygen atoms in total. The van der Waals surface area contributed by atoms with Gasteiger partial charge in [0.05, 0.1) is 6.10 Å². The summed E-state index contributed by atoms with van der Waals surface area (Å²) in [5.74, 6) is 0.587. The maximum absolute atomic E-state index is 9.48. The Bertz CT molecular complexity index is 348. The van der Waals surface area contributed by atoms with E-state index in [1.54, 1.807) is 0 Å². The van der Waals surface area contributed by atoms with Gasteiger partial charge in [0, 0.05) is 19.6 Å². The van der Waals surface area contributed by atoms with Crippen LogP contribution in [-0.2, 0) is 6.54 Å². The van der Waals surface area contributed by atoms with E-state index in [1.807, 2.05) is 0 Å². The molecular weight excluding hydrogens is 198 g/mol. The van der Waals surface area contributed by atoms with E-state index in [0.29, 0.717) is 5.92 Å². The Morgan fingerprint density at radius 3 is 2.88 bits per heavy atom. The van der Waals surface area contributed by atoms with Gasteiger partial charge >= 0.3 is 0 Å². The van der Waals surface area contributed by atoms with Crippen LogP contribution < -0.4 is 0 Å². The average Bonchev–Trinajstić information content (AvgIpc) is 2.64. The molecule has 0 aromatic heterocycles. The first-order chi connectivity index (χ1) is 7.65. The van der Waals surface area contributed by atoms with Gasteiger partial charge in [0.15, 0.2) is 0 Å². The van der Waals surface area contributed by atoms with E-state index in [-0.39, 0.29) is 6.10 Å². The molecule has 1 aromatic rings. The molecule has 0 aliphatic carbocycles. The Labute approximate surface area is 97.9 Å². The summed E-state index contributed by atoms with van der Waals surface area (Å²) in [5.41, 5.74) is 2.76. The van der Waals surface area contributed by atoms with Crippen LogP contribution in [0.2, 0.25) is 0 Å². The Kier molecular flexibility index (Phi) is 3.62. The minimum Gasteiger partial charge on any atom is -0.392 e. The molecule has 1 atom stereocenters. The van der Waals surface area contributed by atoms with Crippen molar-refractivity contribution in [3.63, 3.8) is 0 Å². The molecule has 0 unspecified atom stereocenters. The molecule has 2 rings (SSSR count). The lowest BCUT2D eigenvalue weighted by Gasteiger charge is -2.16. The number of likely N-dealkylation sites (tertiary alicyclic amines) is 1. The lowest BCUT2D eigenvalue weighted by Crippen LogP contribution is -2.21. The molecule has 0 saturated carbocycles. The van der Waals surface area contributed by atoms with Gasteiger partial charge in [-0.15, -0.1) is 0 Å². The van der Waals surface area contributed by atoms with Crippen molar-refractivity contribution in [2.24, 2.45) is 0 Å². The number of aliphatic hydroxyl groups excluding tert-OH is 1. The average molecular weight is 219 g/mol. The molecule has 1 aliphatic heterocycles. The first kappa shape index (κ1) is 11.6. The third kappa shape index (κ3) is 2.83. The Balaban J connectivity index is 2.01. The van der Waals surface area contributed by atoms with Gasteiger partial charge in [0.1, 0.15) is 0 Å². The van der Waals surface area contributed by atoms with Crippen LogP contribution in [0, 0.1) is 0 Å². The number of benzene rings is 1. The van der Waals surface area contributed by atoms with Gasteiger partial charge in [-0.25, -0.2) is 0 Å². The number of rotatable bonds is 3. The van der Waals surface area contributed by atoms with Crippen LogP contribution in [0.4, 0.5) is 0 Å². The highest BCUT2D eigenvalue weighted by Gasteiger charge is 2.19. The quantitative estimate of drug-likeness (QED) is 0.843. The van der Waals surface area contributed by atoms with Crippen molar-refractivity contribution in [3.05, 3.63) is 35.4 Å². The van der Waals surface area contributed by atoms with E-state index in [0.717, 1.165) is 26.1 Å². The van der Waals surface area contributed by atoms with Crippen LogP contribution in [0.15, 0.2) is 24.3 Å². The van der Waals surface area contributed by atoms with Crippen molar-refractivity contribution in [3.8, 4) is 0 Å². The molecule has 1 aliphatic rings. The Morgan fingerprint density at radius 1 is 1.44 bits per heavy atom. The molecule has 0 amide bonds. The van der Waals surface area contributed by atoms with Crippen molar-refractivity contribution in [2.45, 2.75) is 38.8 Å². The lowest BCUT2D eigenvalue weighted by atomic mass is 10.0. The minimum atomic E-state index is -0.117. The maximum Gasteiger partial charge on any atom is 0.0679 e. The molecule has 16 heavy (non-hydrogen) atoms.